The van der Waals surface area contributed by atoms with Crippen LogP contribution in [0.4, 0.5) is 13.2 Å². The summed E-state index contributed by atoms with van der Waals surface area (Å²) >= 11 is 0. The molecule has 0 aliphatic rings. The van der Waals surface area contributed by atoms with Crippen LogP contribution in [0.25, 0.3) is 11.1 Å². The van der Waals surface area contributed by atoms with Gasteiger partial charge in [0, 0.05) is 25.2 Å². The van der Waals surface area contributed by atoms with Crippen LogP contribution in [0.5, 0.6) is 0 Å². The van der Waals surface area contributed by atoms with E-state index in [0.717, 1.165) is 37.1 Å². The van der Waals surface area contributed by atoms with Gasteiger partial charge in [-0.05, 0) is 118 Å². The van der Waals surface area contributed by atoms with Gasteiger partial charge < -0.3 is 10.6 Å². The molecule has 50 heavy (non-hydrogen) atoms. The third-order valence-electron chi connectivity index (χ3n) is 9.33. The van der Waals surface area contributed by atoms with Crippen molar-refractivity contribution in [3.63, 3.8) is 0 Å². The van der Waals surface area contributed by atoms with Gasteiger partial charge in [-0.1, -0.05) is 121 Å². The molecule has 0 saturated heterocycles. The first-order valence-corrected chi connectivity index (χ1v) is 17.9. The number of hydrogen-bond donors (Lipinski definition) is 2. The van der Waals surface area contributed by atoms with Crippen molar-refractivity contribution in [3.05, 3.63) is 153 Å². The van der Waals surface area contributed by atoms with E-state index in [1.807, 2.05) is 0 Å². The standard InChI is InChI=1S/C45H55F3N2/c1-30(2)22-41(25-34(7)38-17-12-32(5)13-18-38)50-29-37-10-9-11-39(27-37)44-24-33(6)14-21-43(44)35(8)26-42(23-31(3)4)49-28-36-15-19-40(20-16-36)45(46,47)48/h9-24,27,34-35,41-42,49-50H,25-26,28-29H2,1-8H3. The van der Waals surface area contributed by atoms with Gasteiger partial charge in [0.2, 0.25) is 0 Å². The Bertz CT molecular complexity index is 1720. The van der Waals surface area contributed by atoms with Crippen molar-refractivity contribution in [2.24, 2.45) is 0 Å². The van der Waals surface area contributed by atoms with Crippen LogP contribution in [-0.4, -0.2) is 12.1 Å². The fourth-order valence-electron chi connectivity index (χ4n) is 6.65. The molecule has 2 nitrogen and oxygen atoms in total. The zero-order chi connectivity index (χ0) is 36.4. The number of hydrogen-bond acceptors (Lipinski definition) is 2. The van der Waals surface area contributed by atoms with E-state index < -0.39 is 11.7 Å². The van der Waals surface area contributed by atoms with E-state index in [9.17, 15) is 13.2 Å². The van der Waals surface area contributed by atoms with Gasteiger partial charge in [-0.2, -0.15) is 13.2 Å². The van der Waals surface area contributed by atoms with E-state index in [0.29, 0.717) is 12.5 Å². The Labute approximate surface area is 298 Å². The summed E-state index contributed by atoms with van der Waals surface area (Å²) < 4.78 is 39.2. The van der Waals surface area contributed by atoms with E-state index in [4.69, 9.17) is 0 Å². The number of alkyl halides is 3. The summed E-state index contributed by atoms with van der Waals surface area (Å²) in [6.45, 7) is 18.6. The van der Waals surface area contributed by atoms with Crippen LogP contribution in [0.2, 0.25) is 0 Å². The molecule has 0 fully saturated rings. The molecular weight excluding hydrogens is 626 g/mol. The lowest BCUT2D eigenvalue weighted by atomic mass is 9.86. The zero-order valence-electron chi connectivity index (χ0n) is 31.1. The monoisotopic (exact) mass is 680 g/mol. The quantitative estimate of drug-likeness (QED) is 0.122. The third-order valence-corrected chi connectivity index (χ3v) is 9.33. The van der Waals surface area contributed by atoms with Gasteiger partial charge in [0.05, 0.1) is 5.56 Å². The Morgan fingerprint density at radius 2 is 1.20 bits per heavy atom. The molecule has 4 aromatic rings. The summed E-state index contributed by atoms with van der Waals surface area (Å²) in [5.41, 5.74) is 11.6. The van der Waals surface area contributed by atoms with Crippen LogP contribution in [0, 0.1) is 13.8 Å². The Morgan fingerprint density at radius 1 is 0.640 bits per heavy atom. The Balaban J connectivity index is 1.49. The van der Waals surface area contributed by atoms with E-state index in [-0.39, 0.29) is 18.0 Å². The average molecular weight is 681 g/mol. The van der Waals surface area contributed by atoms with Crippen molar-refractivity contribution in [2.45, 2.75) is 111 Å². The number of nitrogens with one attached hydrogen (secondary N) is 2. The Morgan fingerprint density at radius 3 is 1.78 bits per heavy atom. The second-order valence-electron chi connectivity index (χ2n) is 14.6. The second-order valence-corrected chi connectivity index (χ2v) is 14.6. The fourth-order valence-corrected chi connectivity index (χ4v) is 6.65. The minimum absolute atomic E-state index is 0.0660. The largest absolute Gasteiger partial charge is 0.416 e. The lowest BCUT2D eigenvalue weighted by Crippen LogP contribution is -2.28. The summed E-state index contributed by atoms with van der Waals surface area (Å²) in [6, 6.07) is 30.3. The number of benzene rings is 4. The predicted octanol–water partition coefficient (Wildman–Crippen LogP) is 12.2. The molecule has 4 aromatic carbocycles. The van der Waals surface area contributed by atoms with Gasteiger partial charge in [0.1, 0.15) is 0 Å². The maximum atomic E-state index is 13.1. The topological polar surface area (TPSA) is 24.1 Å². The summed E-state index contributed by atoms with van der Waals surface area (Å²) in [5, 5.41) is 7.44. The van der Waals surface area contributed by atoms with E-state index in [1.165, 1.54) is 50.1 Å². The molecule has 2 N–H and O–H groups in total. The first-order chi connectivity index (χ1) is 23.7. The van der Waals surface area contributed by atoms with Crippen LogP contribution in [0.15, 0.2) is 114 Å². The van der Waals surface area contributed by atoms with E-state index in [2.05, 4.69) is 145 Å². The SMILES string of the molecule is CC(C)=CC(CC(C)c1ccc(C)cc1)NCc1cccc(-c2cc(C)ccc2C(C)CC(C=C(C)C)NCc2ccc(C(F)(F)F)cc2)c1. The van der Waals surface area contributed by atoms with Crippen molar-refractivity contribution >= 4 is 0 Å². The minimum Gasteiger partial charge on any atom is -0.306 e. The van der Waals surface area contributed by atoms with Crippen molar-refractivity contribution in [1.29, 1.82) is 0 Å². The lowest BCUT2D eigenvalue weighted by Gasteiger charge is -2.24. The Hall–Kier alpha value is -3.93. The second kappa shape index (κ2) is 17.8. The summed E-state index contributed by atoms with van der Waals surface area (Å²) in [4.78, 5) is 0. The smallest absolute Gasteiger partial charge is 0.306 e. The van der Waals surface area contributed by atoms with Crippen molar-refractivity contribution in [1.82, 2.24) is 10.6 Å². The molecule has 4 unspecified atom stereocenters. The summed E-state index contributed by atoms with van der Waals surface area (Å²) in [7, 11) is 0. The molecule has 0 saturated carbocycles. The molecule has 4 rings (SSSR count). The van der Waals surface area contributed by atoms with Gasteiger partial charge in [-0.15, -0.1) is 0 Å². The molecule has 0 aliphatic heterocycles. The van der Waals surface area contributed by atoms with Crippen molar-refractivity contribution in [3.8, 4) is 11.1 Å². The first-order valence-electron chi connectivity index (χ1n) is 17.9. The molecule has 0 radical (unpaired) electrons. The highest BCUT2D eigenvalue weighted by Crippen LogP contribution is 2.34. The molecule has 0 aliphatic carbocycles. The molecule has 0 heterocycles. The average Bonchev–Trinajstić information content (AvgIpc) is 3.05. The fraction of sp³-hybridized carbons (Fsp3) is 0.378. The highest BCUT2D eigenvalue weighted by Gasteiger charge is 2.30. The number of halogens is 3. The maximum Gasteiger partial charge on any atom is 0.416 e. The number of rotatable bonds is 15. The van der Waals surface area contributed by atoms with Gasteiger partial charge in [0.25, 0.3) is 0 Å². The van der Waals surface area contributed by atoms with Crippen LogP contribution in [0.3, 0.4) is 0 Å². The Kier molecular flexibility index (Phi) is 13.9. The van der Waals surface area contributed by atoms with Crippen LogP contribution < -0.4 is 10.6 Å². The molecule has 0 bridgehead atoms. The third kappa shape index (κ3) is 11.8. The van der Waals surface area contributed by atoms with Gasteiger partial charge in [-0.3, -0.25) is 0 Å². The molecule has 4 atom stereocenters. The van der Waals surface area contributed by atoms with Crippen LogP contribution >= 0.6 is 0 Å². The van der Waals surface area contributed by atoms with Crippen molar-refractivity contribution < 1.29 is 13.2 Å². The normalized spacial score (nSPS) is 14.1. The number of allylic oxidation sites excluding steroid dienone is 2. The van der Waals surface area contributed by atoms with Gasteiger partial charge >= 0.3 is 6.18 Å². The maximum absolute atomic E-state index is 13.1. The highest BCUT2D eigenvalue weighted by molar-refractivity contribution is 5.69. The minimum atomic E-state index is -4.33. The summed E-state index contributed by atoms with van der Waals surface area (Å²) in [6.07, 6.45) is 2.12. The predicted molar refractivity (Wildman–Crippen MR) is 205 cm³/mol. The number of aryl methyl sites for hydroxylation is 2. The van der Waals surface area contributed by atoms with Crippen LogP contribution in [-0.2, 0) is 19.3 Å². The first kappa shape index (κ1) is 38.9. The van der Waals surface area contributed by atoms with E-state index >= 15 is 0 Å². The molecule has 266 valence electrons. The molecular formula is C45H55F3N2. The molecule has 5 heteroatoms. The highest BCUT2D eigenvalue weighted by atomic mass is 19.4. The van der Waals surface area contributed by atoms with Crippen molar-refractivity contribution in [2.75, 3.05) is 0 Å². The molecule has 0 amide bonds. The van der Waals surface area contributed by atoms with E-state index in [1.54, 1.807) is 12.1 Å². The summed E-state index contributed by atoms with van der Waals surface area (Å²) in [5.74, 6) is 0.671. The zero-order valence-corrected chi connectivity index (χ0v) is 31.1. The van der Waals surface area contributed by atoms with Crippen LogP contribution in [0.1, 0.15) is 105 Å². The molecule has 0 aromatic heterocycles. The lowest BCUT2D eigenvalue weighted by molar-refractivity contribution is -0.137. The molecule has 0 spiro atoms. The van der Waals surface area contributed by atoms with Gasteiger partial charge in [0.15, 0.2) is 0 Å². The van der Waals surface area contributed by atoms with Gasteiger partial charge in [-0.25, -0.2) is 0 Å².